The smallest absolute Gasteiger partial charge is 0.243 e. The molecule has 3 unspecified atom stereocenters. The predicted octanol–water partition coefficient (Wildman–Crippen LogP) is 0.0370. The number of hydrogen-bond donors (Lipinski definition) is 4. The summed E-state index contributed by atoms with van der Waals surface area (Å²) in [5, 5.41) is 5.53. The SMILES string of the molecule is CCC(C)NC(=O)C1CCCN1C(=O)CNC(=O)C(N)Cc1cccc(CN)c1. The second-order valence-corrected chi connectivity index (χ2v) is 7.62. The second kappa shape index (κ2) is 10.9. The third-order valence-corrected chi connectivity index (χ3v) is 5.31. The van der Waals surface area contributed by atoms with Gasteiger partial charge < -0.3 is 27.0 Å². The van der Waals surface area contributed by atoms with Crippen molar-refractivity contribution < 1.29 is 14.4 Å². The van der Waals surface area contributed by atoms with E-state index < -0.39 is 18.0 Å². The maximum atomic E-state index is 12.6. The topological polar surface area (TPSA) is 131 Å². The van der Waals surface area contributed by atoms with Crippen LogP contribution < -0.4 is 22.1 Å². The summed E-state index contributed by atoms with van der Waals surface area (Å²) in [6.45, 7) is 4.70. The first-order valence-corrected chi connectivity index (χ1v) is 10.3. The van der Waals surface area contributed by atoms with Crippen molar-refractivity contribution in [3.05, 3.63) is 35.4 Å². The van der Waals surface area contributed by atoms with Crippen LogP contribution in [0.25, 0.3) is 0 Å². The van der Waals surface area contributed by atoms with E-state index >= 15 is 0 Å². The van der Waals surface area contributed by atoms with E-state index in [1.54, 1.807) is 4.90 Å². The fraction of sp³-hybridized carbons (Fsp3) is 0.571. The van der Waals surface area contributed by atoms with Crippen molar-refractivity contribution in [2.24, 2.45) is 11.5 Å². The van der Waals surface area contributed by atoms with E-state index in [0.717, 1.165) is 24.0 Å². The first kappa shape index (κ1) is 22.8. The van der Waals surface area contributed by atoms with Crippen LogP contribution in [0.1, 0.15) is 44.2 Å². The molecule has 1 saturated heterocycles. The lowest BCUT2D eigenvalue weighted by Crippen LogP contribution is -2.51. The molecule has 1 aromatic rings. The van der Waals surface area contributed by atoms with Gasteiger partial charge in [-0.1, -0.05) is 31.2 Å². The van der Waals surface area contributed by atoms with Crippen molar-refractivity contribution in [1.82, 2.24) is 15.5 Å². The number of amides is 3. The molecule has 1 aliphatic heterocycles. The molecule has 0 radical (unpaired) electrons. The van der Waals surface area contributed by atoms with E-state index in [4.69, 9.17) is 11.5 Å². The van der Waals surface area contributed by atoms with Gasteiger partial charge in [-0.25, -0.2) is 0 Å². The first-order valence-electron chi connectivity index (χ1n) is 10.3. The lowest BCUT2D eigenvalue weighted by atomic mass is 10.0. The standard InChI is InChI=1S/C21H33N5O3/c1-3-14(2)25-21(29)18-8-5-9-26(18)19(27)13-24-20(28)17(23)11-15-6-4-7-16(10-15)12-22/h4,6-7,10,14,17-18H,3,5,8-9,11-13,22-23H2,1-2H3,(H,24,28)(H,25,29). The summed E-state index contributed by atoms with van der Waals surface area (Å²) in [5.74, 6) is -0.790. The quantitative estimate of drug-likeness (QED) is 0.462. The Morgan fingerprint density at radius 2 is 2.00 bits per heavy atom. The summed E-state index contributed by atoms with van der Waals surface area (Å²) in [4.78, 5) is 38.8. The van der Waals surface area contributed by atoms with Crippen LogP contribution in [0.3, 0.4) is 0 Å². The molecule has 8 heteroatoms. The van der Waals surface area contributed by atoms with Crippen LogP contribution in [0.15, 0.2) is 24.3 Å². The lowest BCUT2D eigenvalue weighted by molar-refractivity contribution is -0.139. The minimum absolute atomic E-state index is 0.0653. The lowest BCUT2D eigenvalue weighted by Gasteiger charge is -2.25. The Balaban J connectivity index is 1.85. The zero-order chi connectivity index (χ0) is 21.4. The Morgan fingerprint density at radius 3 is 2.69 bits per heavy atom. The molecule has 0 aliphatic carbocycles. The molecule has 3 amide bonds. The Bertz CT molecular complexity index is 724. The van der Waals surface area contributed by atoms with Crippen LogP contribution in [-0.2, 0) is 27.3 Å². The van der Waals surface area contributed by atoms with Crippen LogP contribution in [-0.4, -0.2) is 53.8 Å². The monoisotopic (exact) mass is 403 g/mol. The largest absolute Gasteiger partial charge is 0.352 e. The summed E-state index contributed by atoms with van der Waals surface area (Å²) < 4.78 is 0. The van der Waals surface area contributed by atoms with Crippen molar-refractivity contribution in [3.63, 3.8) is 0 Å². The molecule has 0 saturated carbocycles. The molecule has 6 N–H and O–H groups in total. The third kappa shape index (κ3) is 6.54. The predicted molar refractivity (Wildman–Crippen MR) is 112 cm³/mol. The minimum Gasteiger partial charge on any atom is -0.352 e. The van der Waals surface area contributed by atoms with E-state index in [2.05, 4.69) is 10.6 Å². The summed E-state index contributed by atoms with van der Waals surface area (Å²) in [5.41, 5.74) is 13.5. The molecule has 1 aliphatic rings. The second-order valence-electron chi connectivity index (χ2n) is 7.62. The summed E-state index contributed by atoms with van der Waals surface area (Å²) >= 11 is 0. The van der Waals surface area contributed by atoms with Crippen LogP contribution in [0.5, 0.6) is 0 Å². The minimum atomic E-state index is -0.765. The van der Waals surface area contributed by atoms with Gasteiger partial charge in [0.05, 0.1) is 12.6 Å². The van der Waals surface area contributed by atoms with Crippen molar-refractivity contribution in [2.75, 3.05) is 13.1 Å². The van der Waals surface area contributed by atoms with Gasteiger partial charge in [0.25, 0.3) is 0 Å². The average molecular weight is 404 g/mol. The number of carbonyl (C=O) groups excluding carboxylic acids is 3. The van der Waals surface area contributed by atoms with Gasteiger partial charge in [-0.15, -0.1) is 0 Å². The number of rotatable bonds is 9. The third-order valence-electron chi connectivity index (χ3n) is 5.31. The molecule has 1 fully saturated rings. The molecule has 1 aromatic carbocycles. The molecule has 3 atom stereocenters. The van der Waals surface area contributed by atoms with Crippen LogP contribution in [0.4, 0.5) is 0 Å². The zero-order valence-corrected chi connectivity index (χ0v) is 17.3. The Hall–Kier alpha value is -2.45. The first-order chi connectivity index (χ1) is 13.8. The molecule has 29 heavy (non-hydrogen) atoms. The Labute approximate surface area is 172 Å². The molecule has 0 aromatic heterocycles. The van der Waals surface area contributed by atoms with E-state index in [0.29, 0.717) is 25.9 Å². The Morgan fingerprint density at radius 1 is 1.28 bits per heavy atom. The molecular formula is C21H33N5O3. The van der Waals surface area contributed by atoms with E-state index in [-0.39, 0.29) is 24.4 Å². The van der Waals surface area contributed by atoms with Crippen LogP contribution in [0, 0.1) is 0 Å². The van der Waals surface area contributed by atoms with Crippen molar-refractivity contribution in [1.29, 1.82) is 0 Å². The van der Waals surface area contributed by atoms with Crippen molar-refractivity contribution in [3.8, 4) is 0 Å². The average Bonchev–Trinajstić information content (AvgIpc) is 3.21. The Kier molecular flexibility index (Phi) is 8.60. The number of benzene rings is 1. The highest BCUT2D eigenvalue weighted by atomic mass is 16.2. The maximum absolute atomic E-state index is 12.6. The molecule has 0 bridgehead atoms. The number of nitrogens with one attached hydrogen (secondary N) is 2. The van der Waals surface area contributed by atoms with Gasteiger partial charge in [-0.2, -0.15) is 0 Å². The van der Waals surface area contributed by atoms with Gasteiger partial charge in [-0.05, 0) is 43.7 Å². The van der Waals surface area contributed by atoms with Crippen molar-refractivity contribution in [2.45, 2.75) is 64.2 Å². The van der Waals surface area contributed by atoms with Gasteiger partial charge >= 0.3 is 0 Å². The molecule has 2 rings (SSSR count). The van der Waals surface area contributed by atoms with Crippen LogP contribution in [0.2, 0.25) is 0 Å². The van der Waals surface area contributed by atoms with Gasteiger partial charge in [0.2, 0.25) is 17.7 Å². The van der Waals surface area contributed by atoms with Gasteiger partial charge in [0.1, 0.15) is 6.04 Å². The highest BCUT2D eigenvalue weighted by Gasteiger charge is 2.34. The highest BCUT2D eigenvalue weighted by Crippen LogP contribution is 2.17. The van der Waals surface area contributed by atoms with Crippen molar-refractivity contribution >= 4 is 17.7 Å². The van der Waals surface area contributed by atoms with E-state index in [1.807, 2.05) is 38.1 Å². The number of nitrogens with two attached hydrogens (primary N) is 2. The van der Waals surface area contributed by atoms with Gasteiger partial charge in [0, 0.05) is 19.1 Å². The van der Waals surface area contributed by atoms with Crippen LogP contribution >= 0.6 is 0 Å². The van der Waals surface area contributed by atoms with Gasteiger partial charge in [0.15, 0.2) is 0 Å². The fourth-order valence-corrected chi connectivity index (χ4v) is 3.40. The molecule has 0 spiro atoms. The number of hydrogen-bond acceptors (Lipinski definition) is 5. The number of carbonyl (C=O) groups is 3. The molecule has 1 heterocycles. The van der Waals surface area contributed by atoms with E-state index in [1.165, 1.54) is 0 Å². The number of likely N-dealkylation sites (tertiary alicyclic amines) is 1. The maximum Gasteiger partial charge on any atom is 0.243 e. The van der Waals surface area contributed by atoms with Gasteiger partial charge in [-0.3, -0.25) is 14.4 Å². The summed E-state index contributed by atoms with van der Waals surface area (Å²) in [6, 6.07) is 6.43. The molecular weight excluding hydrogens is 370 g/mol. The number of nitrogens with zero attached hydrogens (tertiary/aromatic N) is 1. The van der Waals surface area contributed by atoms with E-state index in [9.17, 15) is 14.4 Å². The summed E-state index contributed by atoms with van der Waals surface area (Å²) in [6.07, 6.45) is 2.60. The highest BCUT2D eigenvalue weighted by molar-refractivity contribution is 5.91. The molecule has 8 nitrogen and oxygen atoms in total. The normalized spacial score (nSPS) is 18.2. The zero-order valence-electron chi connectivity index (χ0n) is 17.3. The fourth-order valence-electron chi connectivity index (χ4n) is 3.40. The molecule has 160 valence electrons. The summed E-state index contributed by atoms with van der Waals surface area (Å²) in [7, 11) is 0.